The van der Waals surface area contributed by atoms with Gasteiger partial charge in [-0.2, -0.15) is 5.21 Å². The van der Waals surface area contributed by atoms with E-state index in [0.717, 1.165) is 57.5 Å². The highest BCUT2D eigenvalue weighted by Gasteiger charge is 2.22. The van der Waals surface area contributed by atoms with Gasteiger partial charge in [0.2, 0.25) is 5.82 Å². The summed E-state index contributed by atoms with van der Waals surface area (Å²) in [6.45, 7) is 10.9. The van der Waals surface area contributed by atoms with Crippen LogP contribution in [0.2, 0.25) is 0 Å². The molecule has 0 radical (unpaired) electrons. The summed E-state index contributed by atoms with van der Waals surface area (Å²) in [5.41, 5.74) is 6.47. The average molecular weight is 444 g/mol. The summed E-state index contributed by atoms with van der Waals surface area (Å²) in [5.74, 6) is 1.19. The van der Waals surface area contributed by atoms with Crippen LogP contribution in [0.1, 0.15) is 30.4 Å². The van der Waals surface area contributed by atoms with E-state index in [1.54, 1.807) is 0 Å². The molecule has 172 valence electrons. The molecule has 1 saturated heterocycles. The monoisotopic (exact) mass is 443 g/mol. The van der Waals surface area contributed by atoms with E-state index < -0.39 is 0 Å². The minimum Gasteiger partial charge on any atom is -0.389 e. The Labute approximate surface area is 195 Å². The summed E-state index contributed by atoms with van der Waals surface area (Å²) in [4.78, 5) is 5.03. The molecule has 7 heteroatoms. The number of nitrogens with zero attached hydrogens (tertiary/aromatic N) is 5. The Morgan fingerprint density at radius 1 is 1.03 bits per heavy atom. The molecule has 2 aliphatic rings. The molecule has 0 saturated carbocycles. The van der Waals surface area contributed by atoms with Gasteiger partial charge >= 0.3 is 0 Å². The van der Waals surface area contributed by atoms with E-state index in [0.29, 0.717) is 11.7 Å². The molecule has 0 unspecified atom stereocenters. The fourth-order valence-corrected chi connectivity index (χ4v) is 5.03. The smallest absolute Gasteiger partial charge is 0.204 e. The summed E-state index contributed by atoms with van der Waals surface area (Å²) in [7, 11) is 0. The normalized spacial score (nSPS) is 17.0. The SMILES string of the molecule is C=C(NCCCN1CCc2ccccc2C1)C1CCN(c2ccc(-c3nn[nH]n3)cc2)CC1. The molecule has 0 amide bonds. The van der Waals surface area contributed by atoms with Gasteiger partial charge < -0.3 is 10.2 Å². The minimum atomic E-state index is 0.557. The number of tetrazole rings is 1. The Morgan fingerprint density at radius 3 is 2.58 bits per heavy atom. The number of anilines is 1. The van der Waals surface area contributed by atoms with Crippen molar-refractivity contribution in [3.05, 3.63) is 71.9 Å². The van der Waals surface area contributed by atoms with Crippen LogP contribution in [-0.2, 0) is 13.0 Å². The number of allylic oxidation sites excluding steroid dienone is 1. The summed E-state index contributed by atoms with van der Waals surface area (Å²) in [6.07, 6.45) is 4.62. The lowest BCUT2D eigenvalue weighted by molar-refractivity contribution is 0.250. The van der Waals surface area contributed by atoms with E-state index in [2.05, 4.69) is 90.9 Å². The standard InChI is InChI=1S/C26H33N7/c1-20(27-14-4-15-32-16-11-22-5-2-3-6-24(22)19-32)21-12-17-33(18-13-21)25-9-7-23(8-10-25)26-28-30-31-29-26/h2-3,5-10,21,27H,1,4,11-19H2,(H,28,29,30,31). The van der Waals surface area contributed by atoms with Crippen LogP contribution < -0.4 is 10.2 Å². The van der Waals surface area contributed by atoms with Crippen molar-refractivity contribution >= 4 is 5.69 Å². The first kappa shape index (κ1) is 21.6. The topological polar surface area (TPSA) is 73.0 Å². The van der Waals surface area contributed by atoms with Crippen LogP contribution in [0.4, 0.5) is 5.69 Å². The van der Waals surface area contributed by atoms with Crippen molar-refractivity contribution in [3.8, 4) is 11.4 Å². The maximum absolute atomic E-state index is 4.36. The fourth-order valence-electron chi connectivity index (χ4n) is 5.03. The highest BCUT2D eigenvalue weighted by Crippen LogP contribution is 2.27. The van der Waals surface area contributed by atoms with Crippen LogP contribution >= 0.6 is 0 Å². The summed E-state index contributed by atoms with van der Waals surface area (Å²) >= 11 is 0. The molecular weight excluding hydrogens is 410 g/mol. The Morgan fingerprint density at radius 2 is 1.82 bits per heavy atom. The first-order valence-corrected chi connectivity index (χ1v) is 12.1. The van der Waals surface area contributed by atoms with E-state index in [1.807, 2.05) is 0 Å². The molecule has 1 fully saturated rings. The third kappa shape index (κ3) is 5.25. The quantitative estimate of drug-likeness (QED) is 0.518. The third-order valence-electron chi connectivity index (χ3n) is 7.04. The maximum Gasteiger partial charge on any atom is 0.204 e. The summed E-state index contributed by atoms with van der Waals surface area (Å²) in [6, 6.07) is 17.3. The molecule has 0 bridgehead atoms. The first-order chi connectivity index (χ1) is 16.3. The zero-order valence-corrected chi connectivity index (χ0v) is 19.2. The Balaban J connectivity index is 1.02. The van der Waals surface area contributed by atoms with Gasteiger partial charge in [-0.15, -0.1) is 10.2 Å². The fraction of sp³-hybridized carbons (Fsp3) is 0.423. The molecule has 2 aliphatic heterocycles. The number of rotatable bonds is 8. The summed E-state index contributed by atoms with van der Waals surface area (Å²) < 4.78 is 0. The molecule has 1 aromatic heterocycles. The second-order valence-corrected chi connectivity index (χ2v) is 9.14. The van der Waals surface area contributed by atoms with Crippen LogP contribution in [0.3, 0.4) is 0 Å². The molecule has 0 aliphatic carbocycles. The van der Waals surface area contributed by atoms with Crippen LogP contribution in [0.15, 0.2) is 60.8 Å². The van der Waals surface area contributed by atoms with Crippen LogP contribution in [-0.4, -0.2) is 58.2 Å². The van der Waals surface area contributed by atoms with Gasteiger partial charge in [-0.05, 0) is 66.3 Å². The Kier molecular flexibility index (Phi) is 6.67. The van der Waals surface area contributed by atoms with Gasteiger partial charge in [-0.3, -0.25) is 4.90 Å². The van der Waals surface area contributed by atoms with Gasteiger partial charge in [-0.25, -0.2) is 0 Å². The van der Waals surface area contributed by atoms with Crippen molar-refractivity contribution in [2.75, 3.05) is 37.6 Å². The second-order valence-electron chi connectivity index (χ2n) is 9.14. The lowest BCUT2D eigenvalue weighted by Gasteiger charge is -2.35. The molecule has 3 aromatic rings. The number of piperidine rings is 1. The van der Waals surface area contributed by atoms with Crippen molar-refractivity contribution in [3.63, 3.8) is 0 Å². The molecule has 33 heavy (non-hydrogen) atoms. The first-order valence-electron chi connectivity index (χ1n) is 12.1. The number of aromatic amines is 1. The van der Waals surface area contributed by atoms with Crippen LogP contribution in [0.5, 0.6) is 0 Å². The van der Waals surface area contributed by atoms with Crippen molar-refractivity contribution in [1.82, 2.24) is 30.8 Å². The van der Waals surface area contributed by atoms with Gasteiger partial charge in [0.15, 0.2) is 0 Å². The number of hydrogen-bond acceptors (Lipinski definition) is 6. The highest BCUT2D eigenvalue weighted by atomic mass is 15.5. The summed E-state index contributed by atoms with van der Waals surface area (Å²) in [5, 5.41) is 17.8. The minimum absolute atomic E-state index is 0.557. The molecular formula is C26H33N7. The van der Waals surface area contributed by atoms with E-state index in [4.69, 9.17) is 0 Å². The largest absolute Gasteiger partial charge is 0.389 e. The molecule has 0 spiro atoms. The van der Waals surface area contributed by atoms with E-state index in [-0.39, 0.29) is 0 Å². The number of H-pyrrole nitrogens is 1. The predicted octanol–water partition coefficient (Wildman–Crippen LogP) is 3.63. The lowest BCUT2D eigenvalue weighted by atomic mass is 9.93. The Hall–Kier alpha value is -3.19. The predicted molar refractivity (Wildman–Crippen MR) is 132 cm³/mol. The molecule has 2 N–H and O–H groups in total. The van der Waals surface area contributed by atoms with Crippen molar-refractivity contribution in [2.24, 2.45) is 5.92 Å². The molecule has 2 aromatic carbocycles. The Bertz CT molecular complexity index is 1040. The third-order valence-corrected chi connectivity index (χ3v) is 7.04. The van der Waals surface area contributed by atoms with Crippen molar-refractivity contribution in [2.45, 2.75) is 32.2 Å². The van der Waals surface area contributed by atoms with Gasteiger partial charge in [-0.1, -0.05) is 30.8 Å². The molecule has 7 nitrogen and oxygen atoms in total. The lowest BCUT2D eigenvalue weighted by Crippen LogP contribution is -2.37. The molecule has 0 atom stereocenters. The van der Waals surface area contributed by atoms with E-state index in [1.165, 1.54) is 35.5 Å². The van der Waals surface area contributed by atoms with Crippen LogP contribution in [0.25, 0.3) is 11.4 Å². The maximum atomic E-state index is 4.36. The van der Waals surface area contributed by atoms with E-state index in [9.17, 15) is 0 Å². The zero-order chi connectivity index (χ0) is 22.5. The highest BCUT2D eigenvalue weighted by molar-refractivity contribution is 5.60. The number of nitrogens with one attached hydrogen (secondary N) is 2. The zero-order valence-electron chi connectivity index (χ0n) is 19.2. The number of fused-ring (bicyclic) bond motifs is 1. The van der Waals surface area contributed by atoms with Crippen molar-refractivity contribution < 1.29 is 0 Å². The van der Waals surface area contributed by atoms with Gasteiger partial charge in [0, 0.05) is 62.1 Å². The number of aromatic nitrogens is 4. The number of benzene rings is 2. The number of hydrogen-bond donors (Lipinski definition) is 2. The molecule has 3 heterocycles. The van der Waals surface area contributed by atoms with E-state index >= 15 is 0 Å². The van der Waals surface area contributed by atoms with Crippen molar-refractivity contribution in [1.29, 1.82) is 0 Å². The van der Waals surface area contributed by atoms with Gasteiger partial charge in [0.1, 0.15) is 0 Å². The molecule has 5 rings (SSSR count). The van der Waals surface area contributed by atoms with Gasteiger partial charge in [0.25, 0.3) is 0 Å². The average Bonchev–Trinajstić information content (AvgIpc) is 3.42. The second kappa shape index (κ2) is 10.2. The van der Waals surface area contributed by atoms with Crippen LogP contribution in [0, 0.1) is 5.92 Å². The van der Waals surface area contributed by atoms with Gasteiger partial charge in [0.05, 0.1) is 0 Å².